The smallest absolute Gasteiger partial charge is 0.282 e. The lowest BCUT2D eigenvalue weighted by molar-refractivity contribution is 0.597. The molecule has 2 rings (SSSR count). The van der Waals surface area contributed by atoms with Crippen molar-refractivity contribution in [2.75, 3.05) is 4.72 Å². The molecule has 0 bridgehead atoms. The van der Waals surface area contributed by atoms with Gasteiger partial charge in [-0.3, -0.25) is 9.40 Å². The van der Waals surface area contributed by atoms with E-state index in [4.69, 9.17) is 5.73 Å². The predicted octanol–water partition coefficient (Wildman–Crippen LogP) is 0.595. The molecule has 2 aromatic rings. The molecule has 2 heterocycles. The predicted molar refractivity (Wildman–Crippen MR) is 79.2 cm³/mol. The van der Waals surface area contributed by atoms with Gasteiger partial charge in [-0.05, 0) is 13.3 Å². The van der Waals surface area contributed by atoms with Crippen molar-refractivity contribution >= 4 is 15.8 Å². The van der Waals surface area contributed by atoms with Crippen molar-refractivity contribution in [1.82, 2.24) is 19.3 Å². The van der Waals surface area contributed by atoms with Crippen LogP contribution >= 0.6 is 0 Å². The number of hydrogen-bond donors (Lipinski definition) is 2. The summed E-state index contributed by atoms with van der Waals surface area (Å²) in [7, 11) is -2.06. The maximum Gasteiger partial charge on any atom is 0.282 e. The summed E-state index contributed by atoms with van der Waals surface area (Å²) in [5.74, 6) is 0.903. The first-order valence-corrected chi connectivity index (χ1v) is 8.15. The Labute approximate surface area is 124 Å². The minimum Gasteiger partial charge on any atom is -0.334 e. The van der Waals surface area contributed by atoms with Crippen LogP contribution in [-0.4, -0.2) is 27.7 Å². The molecule has 0 saturated heterocycles. The second-order valence-corrected chi connectivity index (χ2v) is 6.44. The standard InChI is InChI=1S/C12H20N6O2S/c1-4-5-18-8-11(14-9(18)2)21(19,20)16-12-10(6-13)7-17(3)15-12/h7-8H,4-6,13H2,1-3H3,(H,15,16). The van der Waals surface area contributed by atoms with E-state index in [9.17, 15) is 8.42 Å². The maximum absolute atomic E-state index is 12.4. The van der Waals surface area contributed by atoms with Gasteiger partial charge < -0.3 is 10.3 Å². The van der Waals surface area contributed by atoms with E-state index < -0.39 is 10.0 Å². The highest BCUT2D eigenvalue weighted by Crippen LogP contribution is 2.18. The first kappa shape index (κ1) is 15.5. The van der Waals surface area contributed by atoms with E-state index in [0.717, 1.165) is 13.0 Å². The summed E-state index contributed by atoms with van der Waals surface area (Å²) < 4.78 is 30.5. The minimum atomic E-state index is -3.77. The fraction of sp³-hybridized carbons (Fsp3) is 0.500. The molecule has 3 N–H and O–H groups in total. The van der Waals surface area contributed by atoms with Crippen LogP contribution in [0, 0.1) is 6.92 Å². The van der Waals surface area contributed by atoms with E-state index in [1.165, 1.54) is 10.9 Å². The van der Waals surface area contributed by atoms with Gasteiger partial charge in [-0.15, -0.1) is 0 Å². The van der Waals surface area contributed by atoms with Crippen molar-refractivity contribution in [3.05, 3.63) is 23.8 Å². The Morgan fingerprint density at radius 2 is 2.10 bits per heavy atom. The second-order valence-electron chi connectivity index (χ2n) is 4.81. The number of anilines is 1. The normalized spacial score (nSPS) is 11.8. The Bertz CT molecular complexity index is 731. The highest BCUT2D eigenvalue weighted by Gasteiger charge is 2.21. The number of nitrogens with two attached hydrogens (primary N) is 1. The summed E-state index contributed by atoms with van der Waals surface area (Å²) >= 11 is 0. The summed E-state index contributed by atoms with van der Waals surface area (Å²) in [6, 6.07) is 0. The molecule has 0 spiro atoms. The summed E-state index contributed by atoms with van der Waals surface area (Å²) in [5, 5.41) is 4.06. The number of rotatable bonds is 6. The number of hydrogen-bond acceptors (Lipinski definition) is 5. The van der Waals surface area contributed by atoms with Gasteiger partial charge in [0.25, 0.3) is 10.0 Å². The topological polar surface area (TPSA) is 108 Å². The van der Waals surface area contributed by atoms with Crippen LogP contribution in [0.25, 0.3) is 0 Å². The molecule has 0 unspecified atom stereocenters. The highest BCUT2D eigenvalue weighted by atomic mass is 32.2. The van der Waals surface area contributed by atoms with Gasteiger partial charge in [-0.2, -0.15) is 13.5 Å². The lowest BCUT2D eigenvalue weighted by Gasteiger charge is -2.04. The number of nitrogens with one attached hydrogen (secondary N) is 1. The largest absolute Gasteiger partial charge is 0.334 e. The Hall–Kier alpha value is -1.87. The van der Waals surface area contributed by atoms with E-state index in [1.807, 2.05) is 11.5 Å². The average Bonchev–Trinajstić information content (AvgIpc) is 2.94. The van der Waals surface area contributed by atoms with Gasteiger partial charge in [0.15, 0.2) is 10.8 Å². The van der Waals surface area contributed by atoms with E-state index in [0.29, 0.717) is 11.4 Å². The molecule has 2 aromatic heterocycles. The molecule has 0 aliphatic heterocycles. The Morgan fingerprint density at radius 3 is 2.71 bits per heavy atom. The molecule has 116 valence electrons. The SMILES string of the molecule is CCCn1cc(S(=O)(=O)Nc2nn(C)cc2CN)nc1C. The summed E-state index contributed by atoms with van der Waals surface area (Å²) in [6.07, 6.45) is 4.12. The van der Waals surface area contributed by atoms with E-state index >= 15 is 0 Å². The van der Waals surface area contributed by atoms with Crippen LogP contribution < -0.4 is 10.5 Å². The molecular formula is C12H20N6O2S. The van der Waals surface area contributed by atoms with Gasteiger partial charge in [-0.25, -0.2) is 4.98 Å². The molecular weight excluding hydrogens is 292 g/mol. The number of aryl methyl sites for hydroxylation is 3. The lowest BCUT2D eigenvalue weighted by atomic mass is 10.3. The molecule has 0 aliphatic carbocycles. The number of nitrogens with zero attached hydrogens (tertiary/aromatic N) is 4. The van der Waals surface area contributed by atoms with Crippen LogP contribution in [0.2, 0.25) is 0 Å². The summed E-state index contributed by atoms with van der Waals surface area (Å²) in [5.41, 5.74) is 6.21. The summed E-state index contributed by atoms with van der Waals surface area (Å²) in [4.78, 5) is 4.11. The zero-order valence-corrected chi connectivity index (χ0v) is 13.2. The first-order chi connectivity index (χ1) is 9.87. The monoisotopic (exact) mass is 312 g/mol. The van der Waals surface area contributed by atoms with Crippen molar-refractivity contribution in [3.8, 4) is 0 Å². The molecule has 0 fully saturated rings. The van der Waals surface area contributed by atoms with Crippen molar-refractivity contribution in [2.45, 2.75) is 38.4 Å². The number of imidazole rings is 1. The molecule has 0 saturated carbocycles. The molecule has 0 amide bonds. The fourth-order valence-electron chi connectivity index (χ4n) is 2.03. The average molecular weight is 312 g/mol. The molecule has 21 heavy (non-hydrogen) atoms. The van der Waals surface area contributed by atoms with Crippen LogP contribution in [0.5, 0.6) is 0 Å². The first-order valence-electron chi connectivity index (χ1n) is 6.66. The van der Waals surface area contributed by atoms with Crippen molar-refractivity contribution in [3.63, 3.8) is 0 Å². The molecule has 9 heteroatoms. The molecule has 8 nitrogen and oxygen atoms in total. The summed E-state index contributed by atoms with van der Waals surface area (Å²) in [6.45, 7) is 4.73. The third kappa shape index (κ3) is 3.24. The van der Waals surface area contributed by atoms with Gasteiger partial charge in [0.05, 0.1) is 0 Å². The Morgan fingerprint density at radius 1 is 1.38 bits per heavy atom. The second kappa shape index (κ2) is 5.86. The van der Waals surface area contributed by atoms with Gasteiger partial charge in [-0.1, -0.05) is 6.92 Å². The zero-order valence-electron chi connectivity index (χ0n) is 12.4. The van der Waals surface area contributed by atoms with E-state index in [2.05, 4.69) is 14.8 Å². The third-order valence-electron chi connectivity index (χ3n) is 3.05. The Kier molecular flexibility index (Phi) is 4.33. The molecule has 0 aliphatic rings. The molecule has 0 atom stereocenters. The molecule has 0 radical (unpaired) electrons. The quantitative estimate of drug-likeness (QED) is 0.812. The van der Waals surface area contributed by atoms with Crippen LogP contribution in [0.1, 0.15) is 24.7 Å². The third-order valence-corrected chi connectivity index (χ3v) is 4.26. The highest BCUT2D eigenvalue weighted by molar-refractivity contribution is 7.92. The van der Waals surface area contributed by atoms with Crippen LogP contribution in [-0.2, 0) is 30.2 Å². The van der Waals surface area contributed by atoms with Crippen LogP contribution in [0.15, 0.2) is 17.4 Å². The van der Waals surface area contributed by atoms with Crippen LogP contribution in [0.3, 0.4) is 0 Å². The molecule has 0 aromatic carbocycles. The van der Waals surface area contributed by atoms with Crippen LogP contribution in [0.4, 0.5) is 5.82 Å². The zero-order chi connectivity index (χ0) is 15.6. The fourth-order valence-corrected chi connectivity index (χ4v) is 3.08. The van der Waals surface area contributed by atoms with E-state index in [-0.39, 0.29) is 17.4 Å². The van der Waals surface area contributed by atoms with Crippen molar-refractivity contribution < 1.29 is 8.42 Å². The maximum atomic E-state index is 12.4. The van der Waals surface area contributed by atoms with Gasteiger partial charge in [0.1, 0.15) is 5.82 Å². The van der Waals surface area contributed by atoms with Gasteiger partial charge in [0, 0.05) is 38.1 Å². The minimum absolute atomic E-state index is 0.0120. The number of aromatic nitrogens is 4. The van der Waals surface area contributed by atoms with Crippen molar-refractivity contribution in [1.29, 1.82) is 0 Å². The van der Waals surface area contributed by atoms with E-state index in [1.54, 1.807) is 20.2 Å². The van der Waals surface area contributed by atoms with Gasteiger partial charge in [0.2, 0.25) is 0 Å². The Balaban J connectivity index is 2.31. The van der Waals surface area contributed by atoms with Gasteiger partial charge >= 0.3 is 0 Å². The lowest BCUT2D eigenvalue weighted by Crippen LogP contribution is -2.15. The van der Waals surface area contributed by atoms with Crippen molar-refractivity contribution in [2.24, 2.45) is 12.8 Å². The number of sulfonamides is 1.